The van der Waals surface area contributed by atoms with Gasteiger partial charge in [-0.1, -0.05) is 110 Å². The van der Waals surface area contributed by atoms with E-state index in [2.05, 4.69) is 13.8 Å². The van der Waals surface area contributed by atoms with Crippen molar-refractivity contribution in [2.24, 2.45) is 11.8 Å². The summed E-state index contributed by atoms with van der Waals surface area (Å²) in [7, 11) is 0. The van der Waals surface area contributed by atoms with Gasteiger partial charge in [0.2, 0.25) is 0 Å². The predicted molar refractivity (Wildman–Crippen MR) is 142 cm³/mol. The molecule has 0 radical (unpaired) electrons. The fraction of sp³-hybridized carbons (Fsp3) is 0.742. The van der Waals surface area contributed by atoms with E-state index in [0.29, 0.717) is 18.9 Å². The van der Waals surface area contributed by atoms with Gasteiger partial charge in [-0.3, -0.25) is 0 Å². The number of benzene rings is 1. The van der Waals surface area contributed by atoms with Gasteiger partial charge < -0.3 is 9.47 Å². The molecule has 2 aliphatic rings. The Morgan fingerprint density at radius 1 is 0.833 bits per heavy atom. The molecule has 0 N–H and O–H groups in total. The van der Waals surface area contributed by atoms with Crippen molar-refractivity contribution < 1.29 is 22.6 Å². The summed E-state index contributed by atoms with van der Waals surface area (Å²) in [5.74, 6) is 0.534. The van der Waals surface area contributed by atoms with Crippen molar-refractivity contribution >= 4 is 6.08 Å². The van der Waals surface area contributed by atoms with Crippen molar-refractivity contribution in [2.45, 2.75) is 129 Å². The maximum atomic E-state index is 15.0. The van der Waals surface area contributed by atoms with Crippen LogP contribution in [0.25, 0.3) is 6.08 Å². The molecule has 1 heterocycles. The Hall–Kier alpha value is -1.65. The minimum Gasteiger partial charge on any atom is -0.491 e. The molecule has 204 valence electrons. The van der Waals surface area contributed by atoms with Crippen LogP contribution in [0.3, 0.4) is 0 Å². The smallest absolute Gasteiger partial charge is 0.430 e. The molecule has 1 aliphatic carbocycles. The summed E-state index contributed by atoms with van der Waals surface area (Å²) in [6, 6.07) is 3.02. The summed E-state index contributed by atoms with van der Waals surface area (Å²) in [6.45, 7) is 4.76. The first kappa shape index (κ1) is 28.9. The molecule has 1 fully saturated rings. The number of rotatable bonds is 16. The Balaban J connectivity index is 1.48. The van der Waals surface area contributed by atoms with Crippen LogP contribution in [0.5, 0.6) is 5.75 Å². The van der Waals surface area contributed by atoms with E-state index >= 15 is 4.39 Å². The molecule has 1 aromatic rings. The second-order valence-corrected chi connectivity index (χ2v) is 11.0. The lowest BCUT2D eigenvalue weighted by molar-refractivity contribution is -0.229. The zero-order valence-electron chi connectivity index (χ0n) is 22.6. The van der Waals surface area contributed by atoms with Crippen LogP contribution in [0, 0.1) is 17.7 Å². The first-order chi connectivity index (χ1) is 17.4. The van der Waals surface area contributed by atoms with Crippen molar-refractivity contribution in [3.05, 3.63) is 34.8 Å². The highest BCUT2D eigenvalue weighted by atomic mass is 19.3. The van der Waals surface area contributed by atoms with Crippen LogP contribution in [0.4, 0.5) is 13.2 Å². The van der Waals surface area contributed by atoms with E-state index in [1.165, 1.54) is 89.2 Å². The van der Waals surface area contributed by atoms with E-state index in [1.54, 1.807) is 6.08 Å². The number of unbranched alkanes of at least 4 members (excludes halogenated alkanes) is 8. The highest BCUT2D eigenvalue weighted by Crippen LogP contribution is 2.44. The van der Waals surface area contributed by atoms with Gasteiger partial charge in [-0.2, -0.15) is 8.78 Å². The maximum Gasteiger partial charge on any atom is 0.430 e. The number of hydrogen-bond acceptors (Lipinski definition) is 2. The first-order valence-electron chi connectivity index (χ1n) is 14.7. The molecule has 36 heavy (non-hydrogen) atoms. The highest BCUT2D eigenvalue weighted by Gasteiger charge is 2.44. The van der Waals surface area contributed by atoms with Gasteiger partial charge >= 0.3 is 6.11 Å². The second kappa shape index (κ2) is 14.9. The van der Waals surface area contributed by atoms with Crippen LogP contribution >= 0.6 is 0 Å². The van der Waals surface area contributed by atoms with Gasteiger partial charge in [-0.05, 0) is 42.4 Å². The molecule has 2 nitrogen and oxygen atoms in total. The van der Waals surface area contributed by atoms with Crippen LogP contribution < -0.4 is 4.74 Å². The van der Waals surface area contributed by atoms with Crippen molar-refractivity contribution in [3.63, 3.8) is 0 Å². The molecule has 1 aliphatic heterocycles. The molecule has 1 aromatic carbocycles. The van der Waals surface area contributed by atoms with Gasteiger partial charge in [0.1, 0.15) is 11.3 Å². The second-order valence-electron chi connectivity index (χ2n) is 11.0. The minimum absolute atomic E-state index is 0.115. The summed E-state index contributed by atoms with van der Waals surface area (Å²) < 4.78 is 55.3. The molecule has 0 unspecified atom stereocenters. The zero-order chi connectivity index (χ0) is 25.8. The number of halogens is 3. The summed E-state index contributed by atoms with van der Waals surface area (Å²) in [5.41, 5.74) is -0.502. The summed E-state index contributed by atoms with van der Waals surface area (Å²) in [5, 5.41) is 0. The molecule has 0 spiro atoms. The van der Waals surface area contributed by atoms with Gasteiger partial charge in [-0.15, -0.1) is 0 Å². The fourth-order valence-corrected chi connectivity index (χ4v) is 5.72. The topological polar surface area (TPSA) is 18.5 Å². The standard InChI is InChI=1S/C31H47F3O2/c1-3-5-7-8-9-10-12-22-35-28-21-19-26-23-27(36-31(33,34)29(26)30(28)32)20-18-25-16-14-24(15-17-25)13-11-6-4-2/h19,21,23-25H,3-18,20,22H2,1-2H3. The van der Waals surface area contributed by atoms with Crippen LogP contribution in [0.15, 0.2) is 17.9 Å². The van der Waals surface area contributed by atoms with E-state index in [9.17, 15) is 8.78 Å². The van der Waals surface area contributed by atoms with Crippen molar-refractivity contribution in [3.8, 4) is 5.75 Å². The molecule has 3 rings (SSSR count). The third-order valence-electron chi connectivity index (χ3n) is 7.99. The molecular weight excluding hydrogens is 461 g/mol. The molecule has 0 saturated heterocycles. The van der Waals surface area contributed by atoms with Crippen LogP contribution in [-0.2, 0) is 10.8 Å². The molecule has 5 heteroatoms. The highest BCUT2D eigenvalue weighted by molar-refractivity contribution is 5.60. The van der Waals surface area contributed by atoms with Gasteiger partial charge in [0.15, 0.2) is 11.6 Å². The quantitative estimate of drug-likeness (QED) is 0.207. The van der Waals surface area contributed by atoms with E-state index in [0.717, 1.165) is 31.6 Å². The zero-order valence-corrected chi connectivity index (χ0v) is 22.6. The van der Waals surface area contributed by atoms with Crippen LogP contribution in [0.1, 0.15) is 134 Å². The van der Waals surface area contributed by atoms with E-state index < -0.39 is 17.5 Å². The van der Waals surface area contributed by atoms with Crippen molar-refractivity contribution in [1.82, 2.24) is 0 Å². The van der Waals surface area contributed by atoms with E-state index in [1.807, 2.05) is 0 Å². The normalized spacial score (nSPS) is 21.0. The first-order valence-corrected chi connectivity index (χ1v) is 14.7. The summed E-state index contributed by atoms with van der Waals surface area (Å²) in [4.78, 5) is 0. The van der Waals surface area contributed by atoms with Gasteiger partial charge in [0.25, 0.3) is 0 Å². The van der Waals surface area contributed by atoms with E-state index in [4.69, 9.17) is 9.47 Å². The Kier molecular flexibility index (Phi) is 12.0. The van der Waals surface area contributed by atoms with Crippen molar-refractivity contribution in [2.75, 3.05) is 6.61 Å². The van der Waals surface area contributed by atoms with Gasteiger partial charge in [0, 0.05) is 6.42 Å². The average Bonchev–Trinajstić information content (AvgIpc) is 2.86. The SMILES string of the molecule is CCCCCCCCCOc1ccc2c(c1F)C(F)(F)OC(CCC1CCC(CCCCC)CC1)=C2. The molecular formula is C31H47F3O2. The Morgan fingerprint density at radius 3 is 2.14 bits per heavy atom. The van der Waals surface area contributed by atoms with Crippen LogP contribution in [-0.4, -0.2) is 6.61 Å². The number of allylic oxidation sites excluding steroid dienone is 1. The largest absolute Gasteiger partial charge is 0.491 e. The number of hydrogen-bond donors (Lipinski definition) is 0. The Labute approximate surface area is 217 Å². The lowest BCUT2D eigenvalue weighted by Gasteiger charge is -2.30. The average molecular weight is 509 g/mol. The van der Waals surface area contributed by atoms with Crippen molar-refractivity contribution in [1.29, 1.82) is 0 Å². The Bertz CT molecular complexity index is 812. The Morgan fingerprint density at radius 2 is 1.44 bits per heavy atom. The molecule has 0 atom stereocenters. The summed E-state index contributed by atoms with van der Waals surface area (Å²) in [6.07, 6.45) is 17.1. The van der Waals surface area contributed by atoms with Crippen LogP contribution in [0.2, 0.25) is 0 Å². The number of ether oxygens (including phenoxy) is 2. The third kappa shape index (κ3) is 8.73. The predicted octanol–water partition coefficient (Wildman–Crippen LogP) is 10.5. The molecule has 0 bridgehead atoms. The lowest BCUT2D eigenvalue weighted by Crippen LogP contribution is -2.25. The molecule has 0 aromatic heterocycles. The molecule has 0 amide bonds. The van der Waals surface area contributed by atoms with Gasteiger partial charge in [-0.25, -0.2) is 4.39 Å². The number of fused-ring (bicyclic) bond motifs is 1. The molecule has 1 saturated carbocycles. The third-order valence-corrected chi connectivity index (χ3v) is 7.99. The minimum atomic E-state index is -3.68. The summed E-state index contributed by atoms with van der Waals surface area (Å²) >= 11 is 0. The fourth-order valence-electron chi connectivity index (χ4n) is 5.72. The number of alkyl halides is 2. The van der Waals surface area contributed by atoms with E-state index in [-0.39, 0.29) is 17.1 Å². The monoisotopic (exact) mass is 508 g/mol. The maximum absolute atomic E-state index is 15.0. The van der Waals surface area contributed by atoms with Gasteiger partial charge in [0.05, 0.1) is 6.61 Å². The lowest BCUT2D eigenvalue weighted by atomic mass is 9.78.